The molecule has 0 fully saturated rings. The first-order valence-electron chi connectivity index (χ1n) is 6.71. The van der Waals surface area contributed by atoms with E-state index in [2.05, 4.69) is 47.4 Å². The van der Waals surface area contributed by atoms with Gasteiger partial charge in [-0.25, -0.2) is 0 Å². The maximum absolute atomic E-state index is 6.17. The Morgan fingerprint density at radius 1 is 1.37 bits per heavy atom. The Bertz CT molecular complexity index is 588. The van der Waals surface area contributed by atoms with Gasteiger partial charge in [-0.1, -0.05) is 18.2 Å². The first-order valence-corrected chi connectivity index (χ1v) is 6.71. The Kier molecular flexibility index (Phi) is 3.03. The SMILES string of the molecule is Cc1cn(C)nc1CN1C[C@H](N)Cc2ccccc21. The molecule has 0 saturated carbocycles. The Balaban J connectivity index is 1.91. The number of aryl methyl sites for hydroxylation is 2. The van der Waals surface area contributed by atoms with E-state index in [-0.39, 0.29) is 6.04 Å². The fourth-order valence-corrected chi connectivity index (χ4v) is 2.86. The number of nitrogens with two attached hydrogens (primary N) is 1. The van der Waals surface area contributed by atoms with Crippen LogP contribution in [-0.2, 0) is 20.0 Å². The van der Waals surface area contributed by atoms with Crippen molar-refractivity contribution in [2.45, 2.75) is 25.9 Å². The van der Waals surface area contributed by atoms with Crippen LogP contribution in [-0.4, -0.2) is 22.4 Å². The molecule has 1 aliphatic rings. The van der Waals surface area contributed by atoms with Crippen molar-refractivity contribution in [3.63, 3.8) is 0 Å². The van der Waals surface area contributed by atoms with Crippen LogP contribution in [0.5, 0.6) is 0 Å². The van der Waals surface area contributed by atoms with Gasteiger partial charge in [-0.15, -0.1) is 0 Å². The average Bonchev–Trinajstić information content (AvgIpc) is 2.67. The van der Waals surface area contributed by atoms with Gasteiger partial charge in [0.05, 0.1) is 12.2 Å². The molecular formula is C15H20N4. The van der Waals surface area contributed by atoms with Crippen molar-refractivity contribution < 1.29 is 0 Å². The molecular weight excluding hydrogens is 236 g/mol. The Morgan fingerprint density at radius 2 is 2.16 bits per heavy atom. The molecule has 1 aliphatic heterocycles. The van der Waals surface area contributed by atoms with Crippen molar-refractivity contribution in [1.29, 1.82) is 0 Å². The third-order valence-electron chi connectivity index (χ3n) is 3.72. The van der Waals surface area contributed by atoms with Gasteiger partial charge in [-0.3, -0.25) is 4.68 Å². The molecule has 1 aromatic carbocycles. The van der Waals surface area contributed by atoms with Crippen LogP contribution in [0.15, 0.2) is 30.5 Å². The second-order valence-electron chi connectivity index (χ2n) is 5.41. The third kappa shape index (κ3) is 2.36. The van der Waals surface area contributed by atoms with Gasteiger partial charge < -0.3 is 10.6 Å². The van der Waals surface area contributed by atoms with Gasteiger partial charge in [0.25, 0.3) is 0 Å². The monoisotopic (exact) mass is 256 g/mol. The summed E-state index contributed by atoms with van der Waals surface area (Å²) in [5.74, 6) is 0. The van der Waals surface area contributed by atoms with Crippen molar-refractivity contribution >= 4 is 5.69 Å². The van der Waals surface area contributed by atoms with Crippen LogP contribution >= 0.6 is 0 Å². The average molecular weight is 256 g/mol. The van der Waals surface area contributed by atoms with E-state index in [0.29, 0.717) is 0 Å². The number of aromatic nitrogens is 2. The standard InChI is InChI=1S/C15H20N4/c1-11-8-18(2)17-14(11)10-19-9-13(16)7-12-5-3-4-6-15(12)19/h3-6,8,13H,7,9-10,16H2,1-2H3/t13-/m1/s1. The molecule has 2 heterocycles. The lowest BCUT2D eigenvalue weighted by Gasteiger charge is -2.34. The zero-order chi connectivity index (χ0) is 13.4. The Hall–Kier alpha value is -1.81. The molecule has 19 heavy (non-hydrogen) atoms. The highest BCUT2D eigenvalue weighted by Crippen LogP contribution is 2.27. The van der Waals surface area contributed by atoms with E-state index < -0.39 is 0 Å². The quantitative estimate of drug-likeness (QED) is 0.888. The first-order chi connectivity index (χ1) is 9.13. The van der Waals surface area contributed by atoms with Crippen molar-refractivity contribution in [1.82, 2.24) is 9.78 Å². The predicted molar refractivity (Wildman–Crippen MR) is 77.1 cm³/mol. The minimum absolute atomic E-state index is 0.207. The molecule has 0 unspecified atom stereocenters. The molecule has 2 aromatic rings. The van der Waals surface area contributed by atoms with E-state index >= 15 is 0 Å². The first kappa shape index (κ1) is 12.2. The summed E-state index contributed by atoms with van der Waals surface area (Å²) in [4.78, 5) is 2.35. The summed E-state index contributed by atoms with van der Waals surface area (Å²) < 4.78 is 1.88. The Labute approximate surface area is 113 Å². The molecule has 100 valence electrons. The molecule has 0 aliphatic carbocycles. The van der Waals surface area contributed by atoms with E-state index in [0.717, 1.165) is 25.2 Å². The number of rotatable bonds is 2. The summed E-state index contributed by atoms with van der Waals surface area (Å²) in [6.45, 7) is 3.84. The fourth-order valence-electron chi connectivity index (χ4n) is 2.86. The van der Waals surface area contributed by atoms with Gasteiger partial charge in [0, 0.05) is 31.5 Å². The zero-order valence-corrected chi connectivity index (χ0v) is 11.5. The molecule has 3 rings (SSSR count). The van der Waals surface area contributed by atoms with Crippen LogP contribution in [0.4, 0.5) is 5.69 Å². The molecule has 0 amide bonds. The molecule has 4 nitrogen and oxygen atoms in total. The van der Waals surface area contributed by atoms with E-state index in [1.165, 1.54) is 16.8 Å². The zero-order valence-electron chi connectivity index (χ0n) is 11.5. The molecule has 0 radical (unpaired) electrons. The lowest BCUT2D eigenvalue weighted by molar-refractivity contribution is 0.591. The normalized spacial score (nSPS) is 18.5. The highest BCUT2D eigenvalue weighted by molar-refractivity contribution is 5.56. The third-order valence-corrected chi connectivity index (χ3v) is 3.72. The van der Waals surface area contributed by atoms with Crippen molar-refractivity contribution in [3.8, 4) is 0 Å². The number of hydrogen-bond acceptors (Lipinski definition) is 3. The maximum atomic E-state index is 6.17. The predicted octanol–water partition coefficient (Wildman–Crippen LogP) is 1.62. The number of benzene rings is 1. The van der Waals surface area contributed by atoms with E-state index in [9.17, 15) is 0 Å². The number of para-hydroxylation sites is 1. The maximum Gasteiger partial charge on any atom is 0.0846 e. The van der Waals surface area contributed by atoms with Crippen LogP contribution in [0.2, 0.25) is 0 Å². The van der Waals surface area contributed by atoms with Crippen LogP contribution < -0.4 is 10.6 Å². The second-order valence-corrected chi connectivity index (χ2v) is 5.41. The molecule has 4 heteroatoms. The van der Waals surface area contributed by atoms with Gasteiger partial charge >= 0.3 is 0 Å². The smallest absolute Gasteiger partial charge is 0.0846 e. The summed E-state index contributed by atoms with van der Waals surface area (Å²) in [5.41, 5.74) is 11.2. The summed E-state index contributed by atoms with van der Waals surface area (Å²) in [6, 6.07) is 8.74. The van der Waals surface area contributed by atoms with Gasteiger partial charge in [-0.2, -0.15) is 5.10 Å². The topological polar surface area (TPSA) is 47.1 Å². The lowest BCUT2D eigenvalue weighted by Crippen LogP contribution is -2.43. The number of nitrogens with zero attached hydrogens (tertiary/aromatic N) is 3. The fraction of sp³-hybridized carbons (Fsp3) is 0.400. The molecule has 1 aromatic heterocycles. The number of fused-ring (bicyclic) bond motifs is 1. The van der Waals surface area contributed by atoms with Crippen molar-refractivity contribution in [2.24, 2.45) is 12.8 Å². The highest BCUT2D eigenvalue weighted by atomic mass is 15.3. The van der Waals surface area contributed by atoms with E-state index in [4.69, 9.17) is 5.73 Å². The number of hydrogen-bond donors (Lipinski definition) is 1. The van der Waals surface area contributed by atoms with E-state index in [1.54, 1.807) is 0 Å². The Morgan fingerprint density at radius 3 is 2.89 bits per heavy atom. The van der Waals surface area contributed by atoms with Gasteiger partial charge in [0.2, 0.25) is 0 Å². The lowest BCUT2D eigenvalue weighted by atomic mass is 9.98. The summed E-state index contributed by atoms with van der Waals surface area (Å²) in [5, 5.41) is 4.54. The summed E-state index contributed by atoms with van der Waals surface area (Å²) in [7, 11) is 1.96. The van der Waals surface area contributed by atoms with Gasteiger partial charge in [0.15, 0.2) is 0 Å². The minimum atomic E-state index is 0.207. The van der Waals surface area contributed by atoms with Crippen LogP contribution in [0.3, 0.4) is 0 Å². The van der Waals surface area contributed by atoms with Crippen molar-refractivity contribution in [2.75, 3.05) is 11.4 Å². The van der Waals surface area contributed by atoms with Crippen molar-refractivity contribution in [3.05, 3.63) is 47.3 Å². The van der Waals surface area contributed by atoms with Crippen LogP contribution in [0.25, 0.3) is 0 Å². The van der Waals surface area contributed by atoms with Crippen LogP contribution in [0.1, 0.15) is 16.8 Å². The molecule has 1 atom stereocenters. The minimum Gasteiger partial charge on any atom is -0.364 e. The van der Waals surface area contributed by atoms with Gasteiger partial charge in [0.1, 0.15) is 0 Å². The molecule has 0 saturated heterocycles. The number of anilines is 1. The summed E-state index contributed by atoms with van der Waals surface area (Å²) >= 11 is 0. The molecule has 2 N–H and O–H groups in total. The van der Waals surface area contributed by atoms with E-state index in [1.807, 2.05) is 11.7 Å². The summed E-state index contributed by atoms with van der Waals surface area (Å²) in [6.07, 6.45) is 3.03. The largest absolute Gasteiger partial charge is 0.364 e. The van der Waals surface area contributed by atoms with Gasteiger partial charge in [-0.05, 0) is 30.5 Å². The highest BCUT2D eigenvalue weighted by Gasteiger charge is 2.22. The second kappa shape index (κ2) is 4.70. The molecule has 0 bridgehead atoms. The molecule has 0 spiro atoms. The van der Waals surface area contributed by atoms with Crippen LogP contribution in [0, 0.1) is 6.92 Å².